The Kier molecular flexibility index (Phi) is 10.7. The molecule has 0 aliphatic heterocycles. The van der Waals surface area contributed by atoms with Crippen molar-refractivity contribution in [2.45, 2.75) is 52.2 Å². The molecule has 0 bridgehead atoms. The fraction of sp³-hybridized carbons (Fsp3) is 0.417. The summed E-state index contributed by atoms with van der Waals surface area (Å²) in [5.74, 6) is -0.898. The SMILES string of the molecule is CC[C@@H](C)NC(=O)[C@@H](CC)N(Cc1ccccc1Cl)C(=O)CN(c1ccc(Cl)cc1Cl)S(C)(=O)=O. The molecule has 0 radical (unpaired) electrons. The first-order chi connectivity index (χ1) is 16.4. The third kappa shape index (κ3) is 8.00. The van der Waals surface area contributed by atoms with Gasteiger partial charge < -0.3 is 10.2 Å². The van der Waals surface area contributed by atoms with Crippen molar-refractivity contribution >= 4 is 62.3 Å². The molecule has 2 amide bonds. The van der Waals surface area contributed by atoms with E-state index < -0.39 is 28.5 Å². The molecule has 0 saturated heterocycles. The molecule has 0 fully saturated rings. The Hall–Kier alpha value is -2.00. The van der Waals surface area contributed by atoms with Gasteiger partial charge in [0, 0.05) is 22.6 Å². The fourth-order valence-electron chi connectivity index (χ4n) is 3.45. The number of halogens is 3. The first-order valence-corrected chi connectivity index (χ1v) is 14.1. The van der Waals surface area contributed by atoms with Crippen LogP contribution in [0.3, 0.4) is 0 Å². The molecule has 0 aromatic heterocycles. The first kappa shape index (κ1) is 29.2. The molecule has 2 aromatic rings. The zero-order valence-corrected chi connectivity index (χ0v) is 23.2. The quantitative estimate of drug-likeness (QED) is 0.411. The smallest absolute Gasteiger partial charge is 0.244 e. The Morgan fingerprint density at radius 2 is 1.66 bits per heavy atom. The molecule has 11 heteroatoms. The summed E-state index contributed by atoms with van der Waals surface area (Å²) in [5, 5.41) is 3.75. The van der Waals surface area contributed by atoms with E-state index in [1.165, 1.54) is 23.1 Å². The van der Waals surface area contributed by atoms with Crippen molar-refractivity contribution in [2.24, 2.45) is 0 Å². The number of hydrogen-bond acceptors (Lipinski definition) is 4. The Morgan fingerprint density at radius 1 is 1.00 bits per heavy atom. The number of carbonyl (C=O) groups is 2. The van der Waals surface area contributed by atoms with Crippen LogP contribution in [0.25, 0.3) is 0 Å². The largest absolute Gasteiger partial charge is 0.352 e. The van der Waals surface area contributed by atoms with Crippen molar-refractivity contribution in [3.8, 4) is 0 Å². The van der Waals surface area contributed by atoms with E-state index in [1.807, 2.05) is 13.8 Å². The minimum atomic E-state index is -3.91. The van der Waals surface area contributed by atoms with Gasteiger partial charge in [-0.2, -0.15) is 0 Å². The summed E-state index contributed by atoms with van der Waals surface area (Å²) in [6.07, 6.45) is 2.02. The molecule has 0 aliphatic rings. The van der Waals surface area contributed by atoms with Crippen molar-refractivity contribution in [1.29, 1.82) is 0 Å². The van der Waals surface area contributed by atoms with Crippen molar-refractivity contribution < 1.29 is 18.0 Å². The molecule has 0 unspecified atom stereocenters. The highest BCUT2D eigenvalue weighted by atomic mass is 35.5. The molecule has 7 nitrogen and oxygen atoms in total. The second-order valence-electron chi connectivity index (χ2n) is 8.22. The molecule has 192 valence electrons. The highest BCUT2D eigenvalue weighted by Crippen LogP contribution is 2.31. The lowest BCUT2D eigenvalue weighted by Gasteiger charge is -2.33. The lowest BCUT2D eigenvalue weighted by Crippen LogP contribution is -2.53. The predicted molar refractivity (Wildman–Crippen MR) is 143 cm³/mol. The van der Waals surface area contributed by atoms with Crippen LogP contribution in [0.2, 0.25) is 15.1 Å². The van der Waals surface area contributed by atoms with E-state index in [0.717, 1.165) is 17.0 Å². The van der Waals surface area contributed by atoms with Gasteiger partial charge in [0.15, 0.2) is 0 Å². The van der Waals surface area contributed by atoms with E-state index in [4.69, 9.17) is 34.8 Å². The Balaban J connectivity index is 2.49. The van der Waals surface area contributed by atoms with E-state index in [0.29, 0.717) is 22.0 Å². The number of benzene rings is 2. The Morgan fingerprint density at radius 3 is 2.20 bits per heavy atom. The zero-order valence-electron chi connectivity index (χ0n) is 20.1. The van der Waals surface area contributed by atoms with Crippen molar-refractivity contribution in [2.75, 3.05) is 17.1 Å². The number of nitrogens with one attached hydrogen (secondary N) is 1. The highest BCUT2D eigenvalue weighted by Gasteiger charge is 2.33. The van der Waals surface area contributed by atoms with E-state index in [2.05, 4.69) is 5.32 Å². The van der Waals surface area contributed by atoms with Crippen LogP contribution in [-0.4, -0.2) is 50.0 Å². The average molecular weight is 563 g/mol. The van der Waals surface area contributed by atoms with Crippen LogP contribution in [0.1, 0.15) is 39.2 Å². The molecule has 0 saturated carbocycles. The van der Waals surface area contributed by atoms with Crippen LogP contribution in [-0.2, 0) is 26.2 Å². The molecule has 0 aliphatic carbocycles. The van der Waals surface area contributed by atoms with Gasteiger partial charge in [-0.05, 0) is 49.6 Å². The van der Waals surface area contributed by atoms with Crippen LogP contribution in [0.5, 0.6) is 0 Å². The van der Waals surface area contributed by atoms with Gasteiger partial charge in [-0.25, -0.2) is 8.42 Å². The number of carbonyl (C=O) groups excluding carboxylic acids is 2. The maximum absolute atomic E-state index is 13.7. The Labute approximate surface area is 222 Å². The number of nitrogens with zero attached hydrogens (tertiary/aromatic N) is 2. The molecule has 0 heterocycles. The first-order valence-electron chi connectivity index (χ1n) is 11.1. The maximum atomic E-state index is 13.7. The van der Waals surface area contributed by atoms with Gasteiger partial charge in [-0.1, -0.05) is 66.8 Å². The summed E-state index contributed by atoms with van der Waals surface area (Å²) in [6.45, 7) is 5.07. The number of amides is 2. The number of rotatable bonds is 11. The lowest BCUT2D eigenvalue weighted by molar-refractivity contribution is -0.140. The van der Waals surface area contributed by atoms with Crippen LogP contribution >= 0.6 is 34.8 Å². The minimum absolute atomic E-state index is 0.0247. The molecule has 0 spiro atoms. The highest BCUT2D eigenvalue weighted by molar-refractivity contribution is 7.92. The summed E-state index contributed by atoms with van der Waals surface area (Å²) in [4.78, 5) is 28.1. The molecule has 2 atom stereocenters. The van der Waals surface area contributed by atoms with Gasteiger partial charge in [-0.15, -0.1) is 0 Å². The lowest BCUT2D eigenvalue weighted by atomic mass is 10.1. The van der Waals surface area contributed by atoms with Crippen molar-refractivity contribution in [1.82, 2.24) is 10.2 Å². The van der Waals surface area contributed by atoms with Gasteiger partial charge in [0.2, 0.25) is 21.8 Å². The fourth-order valence-corrected chi connectivity index (χ4v) is 5.07. The second kappa shape index (κ2) is 12.8. The summed E-state index contributed by atoms with van der Waals surface area (Å²) in [7, 11) is -3.91. The molecular weight excluding hydrogens is 533 g/mol. The van der Waals surface area contributed by atoms with Gasteiger partial charge in [-0.3, -0.25) is 13.9 Å². The Bertz CT molecular complexity index is 1160. The summed E-state index contributed by atoms with van der Waals surface area (Å²) in [6, 6.07) is 10.4. The van der Waals surface area contributed by atoms with Crippen LogP contribution in [0.4, 0.5) is 5.69 Å². The molecular formula is C24H30Cl3N3O4S. The maximum Gasteiger partial charge on any atom is 0.244 e. The summed E-state index contributed by atoms with van der Waals surface area (Å²) in [5.41, 5.74) is 0.745. The molecule has 1 N–H and O–H groups in total. The summed E-state index contributed by atoms with van der Waals surface area (Å²) < 4.78 is 26.2. The number of sulfonamides is 1. The number of anilines is 1. The van der Waals surface area contributed by atoms with Crippen LogP contribution in [0.15, 0.2) is 42.5 Å². The van der Waals surface area contributed by atoms with Gasteiger partial charge in [0.05, 0.1) is 17.0 Å². The normalized spacial score (nSPS) is 13.1. The standard InChI is InChI=1S/C24H30Cl3N3O4S/c1-5-16(3)28-24(32)21(6-2)29(14-17-9-7-8-10-19(17)26)23(31)15-30(35(4,33)34)22-12-11-18(25)13-20(22)27/h7-13,16,21H,5-6,14-15H2,1-4H3,(H,28,32)/t16-,21-/m1/s1. The molecule has 2 rings (SSSR count). The third-order valence-corrected chi connectivity index (χ3v) is 7.58. The third-order valence-electron chi connectivity index (χ3n) is 5.54. The zero-order chi connectivity index (χ0) is 26.3. The summed E-state index contributed by atoms with van der Waals surface area (Å²) >= 11 is 18.6. The second-order valence-corrected chi connectivity index (χ2v) is 11.4. The molecule has 35 heavy (non-hydrogen) atoms. The number of hydrogen-bond donors (Lipinski definition) is 1. The average Bonchev–Trinajstić information content (AvgIpc) is 2.78. The van der Waals surface area contributed by atoms with Gasteiger partial charge in [0.25, 0.3) is 0 Å². The van der Waals surface area contributed by atoms with Gasteiger partial charge in [0.1, 0.15) is 12.6 Å². The van der Waals surface area contributed by atoms with Crippen molar-refractivity contribution in [3.63, 3.8) is 0 Å². The van der Waals surface area contributed by atoms with Crippen LogP contribution < -0.4 is 9.62 Å². The predicted octanol–water partition coefficient (Wildman–Crippen LogP) is 5.13. The van der Waals surface area contributed by atoms with E-state index >= 15 is 0 Å². The van der Waals surface area contributed by atoms with E-state index in [1.54, 1.807) is 31.2 Å². The monoisotopic (exact) mass is 561 g/mol. The van der Waals surface area contributed by atoms with Crippen LogP contribution in [0, 0.1) is 0 Å². The van der Waals surface area contributed by atoms with Crippen molar-refractivity contribution in [3.05, 3.63) is 63.1 Å². The molecule has 2 aromatic carbocycles. The topological polar surface area (TPSA) is 86.8 Å². The van der Waals surface area contributed by atoms with E-state index in [-0.39, 0.29) is 29.2 Å². The van der Waals surface area contributed by atoms with Gasteiger partial charge >= 0.3 is 0 Å². The minimum Gasteiger partial charge on any atom is -0.352 e. The van der Waals surface area contributed by atoms with E-state index in [9.17, 15) is 18.0 Å².